The molecule has 3 aromatic carbocycles. The molecule has 2 aliphatic rings. The first-order valence-electron chi connectivity index (χ1n) is 10.4. The fourth-order valence-electron chi connectivity index (χ4n) is 4.43. The number of benzene rings is 3. The van der Waals surface area contributed by atoms with Gasteiger partial charge < -0.3 is 14.8 Å². The number of fused-ring (bicyclic) bond motifs is 2. The third-order valence-corrected chi connectivity index (χ3v) is 5.82. The summed E-state index contributed by atoms with van der Waals surface area (Å²) in [5, 5.41) is 3.29. The number of ether oxygens (including phenoxy) is 2. The van der Waals surface area contributed by atoms with E-state index in [1.807, 2.05) is 85.8 Å². The highest BCUT2D eigenvalue weighted by Crippen LogP contribution is 2.47. The van der Waals surface area contributed by atoms with Crippen molar-refractivity contribution < 1.29 is 19.1 Å². The van der Waals surface area contributed by atoms with E-state index < -0.39 is 11.9 Å². The van der Waals surface area contributed by atoms with Crippen molar-refractivity contribution in [2.45, 2.75) is 12.8 Å². The second kappa shape index (κ2) is 7.85. The van der Waals surface area contributed by atoms with Gasteiger partial charge in [-0.25, -0.2) is 4.79 Å². The van der Waals surface area contributed by atoms with Gasteiger partial charge in [-0.3, -0.25) is 4.79 Å². The summed E-state index contributed by atoms with van der Waals surface area (Å²) in [5.41, 5.74) is 4.64. The summed E-state index contributed by atoms with van der Waals surface area (Å²) in [6.07, 6.45) is 0. The average molecular weight is 423 g/mol. The summed E-state index contributed by atoms with van der Waals surface area (Å²) in [4.78, 5) is 26.3. The van der Waals surface area contributed by atoms with Crippen molar-refractivity contribution >= 4 is 17.4 Å². The molecule has 1 aliphatic heterocycles. The fraction of sp³-hybridized carbons (Fsp3) is 0.111. The van der Waals surface area contributed by atoms with Crippen molar-refractivity contribution in [1.82, 2.24) is 5.32 Å². The Balaban J connectivity index is 1.64. The molecule has 1 unspecified atom stereocenters. The van der Waals surface area contributed by atoms with Gasteiger partial charge in [-0.05, 0) is 36.8 Å². The van der Waals surface area contributed by atoms with Crippen LogP contribution in [0.5, 0.6) is 11.5 Å². The minimum atomic E-state index is -0.571. The van der Waals surface area contributed by atoms with Gasteiger partial charge in [0.2, 0.25) is 0 Å². The zero-order valence-corrected chi connectivity index (χ0v) is 17.7. The van der Waals surface area contributed by atoms with Gasteiger partial charge in [-0.15, -0.1) is 0 Å². The molecule has 5 rings (SSSR count). The summed E-state index contributed by atoms with van der Waals surface area (Å²) in [5.74, 6) is 0.206. The van der Waals surface area contributed by atoms with Crippen LogP contribution < -0.4 is 10.1 Å². The number of Topliss-reactive ketones (excluding diaryl/α,β-unsaturated/α-hetero) is 1. The summed E-state index contributed by atoms with van der Waals surface area (Å²) in [6.45, 7) is 1.83. The van der Waals surface area contributed by atoms with Gasteiger partial charge in [-0.1, -0.05) is 54.6 Å². The van der Waals surface area contributed by atoms with Crippen molar-refractivity contribution in [3.05, 3.63) is 112 Å². The number of para-hydroxylation sites is 1. The Kier molecular flexibility index (Phi) is 4.86. The van der Waals surface area contributed by atoms with Crippen molar-refractivity contribution in [2.24, 2.45) is 0 Å². The Labute approximate surface area is 186 Å². The summed E-state index contributed by atoms with van der Waals surface area (Å²) < 4.78 is 11.1. The molecule has 1 heterocycles. The number of dihydropyridines is 1. The fourth-order valence-corrected chi connectivity index (χ4v) is 4.43. The van der Waals surface area contributed by atoms with Crippen molar-refractivity contribution in [3.63, 3.8) is 0 Å². The molecule has 32 heavy (non-hydrogen) atoms. The van der Waals surface area contributed by atoms with Gasteiger partial charge in [-0.2, -0.15) is 0 Å². The molecule has 5 nitrogen and oxygen atoms in total. The van der Waals surface area contributed by atoms with Gasteiger partial charge >= 0.3 is 5.97 Å². The Hall–Kier alpha value is -4.12. The number of nitrogens with one attached hydrogen (secondary N) is 1. The molecule has 0 fully saturated rings. The number of methoxy groups -OCH3 is 1. The minimum absolute atomic E-state index is 0.0867. The molecule has 158 valence electrons. The third kappa shape index (κ3) is 3.19. The lowest BCUT2D eigenvalue weighted by atomic mass is 9.80. The molecule has 0 bridgehead atoms. The molecule has 3 aromatic rings. The minimum Gasteiger partial charge on any atom is -0.466 e. The Morgan fingerprint density at radius 2 is 1.56 bits per heavy atom. The van der Waals surface area contributed by atoms with Crippen LogP contribution in [0.3, 0.4) is 0 Å². The maximum Gasteiger partial charge on any atom is 0.336 e. The van der Waals surface area contributed by atoms with E-state index in [2.05, 4.69) is 5.32 Å². The zero-order chi connectivity index (χ0) is 22.2. The highest BCUT2D eigenvalue weighted by atomic mass is 16.5. The van der Waals surface area contributed by atoms with E-state index in [0.717, 1.165) is 16.8 Å². The number of hydrogen-bond donors (Lipinski definition) is 1. The van der Waals surface area contributed by atoms with E-state index in [-0.39, 0.29) is 5.78 Å². The second-order valence-corrected chi connectivity index (χ2v) is 7.74. The molecular weight excluding hydrogens is 402 g/mol. The second-order valence-electron chi connectivity index (χ2n) is 7.74. The third-order valence-electron chi connectivity index (χ3n) is 5.82. The van der Waals surface area contributed by atoms with E-state index in [9.17, 15) is 9.59 Å². The van der Waals surface area contributed by atoms with E-state index in [4.69, 9.17) is 9.47 Å². The van der Waals surface area contributed by atoms with E-state index in [0.29, 0.717) is 33.9 Å². The number of carbonyl (C=O) groups is 2. The standard InChI is InChI=1S/C27H21NO4/c1-16-22(27(30)31-2)23(24-25(28-16)20-13-6-7-14-21(20)26(24)29)17-9-8-12-19(15-17)32-18-10-4-3-5-11-18/h3-15,23,28H,1-2H3. The molecule has 0 amide bonds. The lowest BCUT2D eigenvalue weighted by Crippen LogP contribution is -2.29. The molecule has 0 spiro atoms. The molecule has 1 atom stereocenters. The normalized spacial score (nSPS) is 16.9. The summed E-state index contributed by atoms with van der Waals surface area (Å²) in [6, 6.07) is 24.5. The number of esters is 1. The molecule has 0 saturated carbocycles. The van der Waals surface area contributed by atoms with Crippen LogP contribution in [-0.4, -0.2) is 18.9 Å². The summed E-state index contributed by atoms with van der Waals surface area (Å²) >= 11 is 0. The molecule has 0 saturated heterocycles. The number of allylic oxidation sites excluding steroid dienone is 2. The maximum absolute atomic E-state index is 13.4. The van der Waals surface area contributed by atoms with Gasteiger partial charge in [0.1, 0.15) is 11.5 Å². The van der Waals surface area contributed by atoms with Crippen LogP contribution in [0.1, 0.15) is 34.3 Å². The Bertz CT molecular complexity index is 1300. The van der Waals surface area contributed by atoms with Crippen LogP contribution in [0.2, 0.25) is 0 Å². The Morgan fingerprint density at radius 1 is 0.875 bits per heavy atom. The first-order chi connectivity index (χ1) is 15.6. The predicted octanol–water partition coefficient (Wildman–Crippen LogP) is 5.22. The largest absolute Gasteiger partial charge is 0.466 e. The van der Waals surface area contributed by atoms with Crippen LogP contribution in [0.15, 0.2) is 95.7 Å². The molecular formula is C27H21NO4. The molecule has 5 heteroatoms. The maximum atomic E-state index is 13.4. The molecule has 0 radical (unpaired) electrons. The molecule has 1 N–H and O–H groups in total. The van der Waals surface area contributed by atoms with Crippen molar-refractivity contribution in [1.29, 1.82) is 0 Å². The number of carbonyl (C=O) groups excluding carboxylic acids is 2. The first-order valence-corrected chi connectivity index (χ1v) is 10.4. The van der Waals surface area contributed by atoms with Gasteiger partial charge in [0.15, 0.2) is 5.78 Å². The lowest BCUT2D eigenvalue weighted by Gasteiger charge is -2.29. The number of rotatable bonds is 4. The van der Waals surface area contributed by atoms with Crippen LogP contribution in [0.4, 0.5) is 0 Å². The molecule has 1 aliphatic carbocycles. The number of hydrogen-bond acceptors (Lipinski definition) is 5. The van der Waals surface area contributed by atoms with Gasteiger partial charge in [0.25, 0.3) is 0 Å². The van der Waals surface area contributed by atoms with Gasteiger partial charge in [0, 0.05) is 28.3 Å². The summed E-state index contributed by atoms with van der Waals surface area (Å²) in [7, 11) is 1.35. The van der Waals surface area contributed by atoms with E-state index in [1.54, 1.807) is 0 Å². The first kappa shape index (κ1) is 19.8. The number of ketones is 1. The van der Waals surface area contributed by atoms with Crippen LogP contribution in [0, 0.1) is 0 Å². The van der Waals surface area contributed by atoms with Crippen molar-refractivity contribution in [3.8, 4) is 11.5 Å². The zero-order valence-electron chi connectivity index (χ0n) is 17.7. The van der Waals surface area contributed by atoms with Gasteiger partial charge in [0.05, 0.1) is 18.4 Å². The quantitative estimate of drug-likeness (QED) is 0.583. The highest BCUT2D eigenvalue weighted by Gasteiger charge is 2.42. The predicted molar refractivity (Wildman–Crippen MR) is 121 cm³/mol. The van der Waals surface area contributed by atoms with Crippen LogP contribution in [0.25, 0.3) is 5.70 Å². The van der Waals surface area contributed by atoms with E-state index >= 15 is 0 Å². The smallest absolute Gasteiger partial charge is 0.336 e. The SMILES string of the molecule is COC(=O)C1=C(C)NC2=C(C(=O)c3ccccc32)C1c1cccc(Oc2ccccc2)c1. The average Bonchev–Trinajstić information content (AvgIpc) is 3.10. The monoisotopic (exact) mass is 423 g/mol. The Morgan fingerprint density at radius 3 is 2.31 bits per heavy atom. The topological polar surface area (TPSA) is 64.6 Å². The van der Waals surface area contributed by atoms with Crippen LogP contribution >= 0.6 is 0 Å². The lowest BCUT2D eigenvalue weighted by molar-refractivity contribution is -0.136. The van der Waals surface area contributed by atoms with Crippen LogP contribution in [-0.2, 0) is 9.53 Å². The molecule has 0 aromatic heterocycles. The highest BCUT2D eigenvalue weighted by molar-refractivity contribution is 6.23. The van der Waals surface area contributed by atoms with Crippen molar-refractivity contribution in [2.75, 3.05) is 7.11 Å². The van der Waals surface area contributed by atoms with E-state index in [1.165, 1.54) is 7.11 Å².